The molecule has 3 heteroatoms. The number of benzene rings is 2. The van der Waals surface area contributed by atoms with Crippen molar-refractivity contribution in [3.63, 3.8) is 0 Å². The van der Waals surface area contributed by atoms with Crippen LogP contribution in [0.5, 0.6) is 11.5 Å². The molecule has 3 aromatic rings. The molecule has 0 aliphatic heterocycles. The summed E-state index contributed by atoms with van der Waals surface area (Å²) in [6, 6.07) is 13.6. The molecule has 0 unspecified atom stereocenters. The van der Waals surface area contributed by atoms with E-state index in [1.807, 2.05) is 48.7 Å². The molecule has 1 aromatic heterocycles. The first kappa shape index (κ1) is 14.0. The van der Waals surface area contributed by atoms with Crippen molar-refractivity contribution in [2.75, 3.05) is 14.2 Å². The zero-order chi connectivity index (χ0) is 15.4. The highest BCUT2D eigenvalue weighted by Gasteiger charge is 2.01. The summed E-state index contributed by atoms with van der Waals surface area (Å²) in [5, 5.41) is 2.07. The molecule has 0 aliphatic carbocycles. The van der Waals surface area contributed by atoms with Gasteiger partial charge < -0.3 is 9.47 Å². The molecule has 22 heavy (non-hydrogen) atoms. The maximum atomic E-state index is 5.24. The Morgan fingerprint density at radius 3 is 2.50 bits per heavy atom. The monoisotopic (exact) mass is 289 g/mol. The van der Waals surface area contributed by atoms with Crippen molar-refractivity contribution in [1.82, 2.24) is 4.98 Å². The van der Waals surface area contributed by atoms with Crippen molar-refractivity contribution in [1.29, 1.82) is 0 Å². The van der Waals surface area contributed by atoms with Crippen LogP contribution in [0.3, 0.4) is 0 Å². The number of rotatable bonds is 2. The van der Waals surface area contributed by atoms with Crippen molar-refractivity contribution in [3.05, 3.63) is 66.0 Å². The Labute approximate surface area is 129 Å². The van der Waals surface area contributed by atoms with Crippen molar-refractivity contribution in [3.8, 4) is 23.3 Å². The fraction of sp³-hybridized carbons (Fsp3) is 0.105. The highest BCUT2D eigenvalue weighted by molar-refractivity contribution is 5.88. The van der Waals surface area contributed by atoms with Crippen LogP contribution < -0.4 is 9.47 Å². The van der Waals surface area contributed by atoms with Gasteiger partial charge in [-0.2, -0.15) is 0 Å². The largest absolute Gasteiger partial charge is 0.497 e. The SMILES string of the molecule is COc1cccc(C#Cc2cncc3cc(OC)ccc23)c1. The number of nitrogens with zero attached hydrogens (tertiary/aromatic N) is 1. The number of aromatic nitrogens is 1. The van der Waals surface area contributed by atoms with E-state index >= 15 is 0 Å². The lowest BCUT2D eigenvalue weighted by molar-refractivity contribution is 0.414. The first-order chi connectivity index (χ1) is 10.8. The average Bonchev–Trinajstić information content (AvgIpc) is 2.59. The average molecular weight is 289 g/mol. The molecule has 1 heterocycles. The van der Waals surface area contributed by atoms with Gasteiger partial charge in [0.05, 0.1) is 19.8 Å². The topological polar surface area (TPSA) is 31.4 Å². The van der Waals surface area contributed by atoms with Crippen molar-refractivity contribution in [2.45, 2.75) is 0 Å². The molecule has 3 nitrogen and oxygen atoms in total. The smallest absolute Gasteiger partial charge is 0.120 e. The predicted octanol–water partition coefficient (Wildman–Crippen LogP) is 3.65. The molecule has 108 valence electrons. The predicted molar refractivity (Wildman–Crippen MR) is 87.3 cm³/mol. The maximum absolute atomic E-state index is 5.24. The molecule has 0 atom stereocenters. The fourth-order valence-corrected chi connectivity index (χ4v) is 2.22. The molecule has 0 spiro atoms. The van der Waals surface area contributed by atoms with Gasteiger partial charge >= 0.3 is 0 Å². The first-order valence-corrected chi connectivity index (χ1v) is 6.88. The molecule has 0 radical (unpaired) electrons. The van der Waals surface area contributed by atoms with Gasteiger partial charge in [-0.1, -0.05) is 17.9 Å². The van der Waals surface area contributed by atoms with Crippen LogP contribution in [0.1, 0.15) is 11.1 Å². The lowest BCUT2D eigenvalue weighted by Gasteiger charge is -2.03. The third kappa shape index (κ3) is 2.87. The minimum atomic E-state index is 0.799. The van der Waals surface area contributed by atoms with Gasteiger partial charge in [0, 0.05) is 28.7 Å². The van der Waals surface area contributed by atoms with Gasteiger partial charge in [-0.15, -0.1) is 0 Å². The molecule has 0 amide bonds. The van der Waals surface area contributed by atoms with E-state index in [9.17, 15) is 0 Å². The zero-order valence-electron chi connectivity index (χ0n) is 12.5. The number of pyridine rings is 1. The van der Waals surface area contributed by atoms with Gasteiger partial charge in [0.1, 0.15) is 11.5 Å². The van der Waals surface area contributed by atoms with Gasteiger partial charge in [-0.3, -0.25) is 4.98 Å². The molecule has 0 saturated heterocycles. The van der Waals surface area contributed by atoms with E-state index in [2.05, 4.69) is 16.8 Å². The highest BCUT2D eigenvalue weighted by atomic mass is 16.5. The second-order valence-electron chi connectivity index (χ2n) is 4.76. The van der Waals surface area contributed by atoms with Gasteiger partial charge in [0.15, 0.2) is 0 Å². The van der Waals surface area contributed by atoms with E-state index in [1.54, 1.807) is 20.4 Å². The van der Waals surface area contributed by atoms with Gasteiger partial charge in [0.2, 0.25) is 0 Å². The Hall–Kier alpha value is -2.99. The van der Waals surface area contributed by atoms with Crippen molar-refractivity contribution < 1.29 is 9.47 Å². The number of hydrogen-bond donors (Lipinski definition) is 0. The number of fused-ring (bicyclic) bond motifs is 1. The van der Waals surface area contributed by atoms with E-state index in [0.29, 0.717) is 0 Å². The zero-order valence-corrected chi connectivity index (χ0v) is 12.5. The Morgan fingerprint density at radius 2 is 1.68 bits per heavy atom. The Bertz CT molecular complexity index is 875. The second-order valence-corrected chi connectivity index (χ2v) is 4.76. The third-order valence-corrected chi connectivity index (χ3v) is 3.38. The Balaban J connectivity index is 2.02. The summed E-state index contributed by atoms with van der Waals surface area (Å²) < 4.78 is 10.4. The minimum absolute atomic E-state index is 0.799. The third-order valence-electron chi connectivity index (χ3n) is 3.38. The van der Waals surface area contributed by atoms with Crippen LogP contribution in [-0.4, -0.2) is 19.2 Å². The van der Waals surface area contributed by atoms with Crippen LogP contribution in [0.15, 0.2) is 54.9 Å². The van der Waals surface area contributed by atoms with E-state index in [0.717, 1.165) is 33.4 Å². The number of ether oxygens (including phenoxy) is 2. The highest BCUT2D eigenvalue weighted by Crippen LogP contribution is 2.22. The molecule has 0 fully saturated rings. The van der Waals surface area contributed by atoms with Crippen LogP contribution in [0.4, 0.5) is 0 Å². The molecule has 0 saturated carbocycles. The summed E-state index contributed by atoms with van der Waals surface area (Å²) in [5.74, 6) is 7.95. The normalized spacial score (nSPS) is 9.91. The van der Waals surface area contributed by atoms with Crippen molar-refractivity contribution >= 4 is 10.8 Å². The summed E-state index contributed by atoms with van der Waals surface area (Å²) in [5.41, 5.74) is 1.80. The van der Waals surface area contributed by atoms with Crippen LogP contribution in [-0.2, 0) is 0 Å². The summed E-state index contributed by atoms with van der Waals surface area (Å²) >= 11 is 0. The van der Waals surface area contributed by atoms with Gasteiger partial charge in [-0.25, -0.2) is 0 Å². The minimum Gasteiger partial charge on any atom is -0.497 e. The van der Waals surface area contributed by atoms with Crippen LogP contribution in [0, 0.1) is 11.8 Å². The van der Waals surface area contributed by atoms with E-state index in [-0.39, 0.29) is 0 Å². The summed E-state index contributed by atoms with van der Waals surface area (Å²) in [4.78, 5) is 4.25. The Morgan fingerprint density at radius 1 is 0.864 bits per heavy atom. The number of methoxy groups -OCH3 is 2. The van der Waals surface area contributed by atoms with Crippen LogP contribution in [0.25, 0.3) is 10.8 Å². The molecular weight excluding hydrogens is 274 g/mol. The van der Waals surface area contributed by atoms with E-state index in [4.69, 9.17) is 9.47 Å². The quantitative estimate of drug-likeness (QED) is 0.675. The molecule has 0 bridgehead atoms. The van der Waals surface area contributed by atoms with Crippen LogP contribution >= 0.6 is 0 Å². The summed E-state index contributed by atoms with van der Waals surface area (Å²) in [6.45, 7) is 0. The maximum Gasteiger partial charge on any atom is 0.120 e. The molecule has 3 rings (SSSR count). The summed E-state index contributed by atoms with van der Waals surface area (Å²) in [6.07, 6.45) is 3.59. The van der Waals surface area contributed by atoms with E-state index < -0.39 is 0 Å². The molecule has 0 aliphatic rings. The lowest BCUT2D eigenvalue weighted by atomic mass is 10.1. The van der Waals surface area contributed by atoms with Crippen molar-refractivity contribution in [2.24, 2.45) is 0 Å². The van der Waals surface area contributed by atoms with Gasteiger partial charge in [-0.05, 0) is 36.4 Å². The number of hydrogen-bond acceptors (Lipinski definition) is 3. The Kier molecular flexibility index (Phi) is 3.93. The lowest BCUT2D eigenvalue weighted by Crippen LogP contribution is -1.86. The van der Waals surface area contributed by atoms with Gasteiger partial charge in [0.25, 0.3) is 0 Å². The van der Waals surface area contributed by atoms with E-state index in [1.165, 1.54) is 0 Å². The molecule has 2 aromatic carbocycles. The van der Waals surface area contributed by atoms with Crippen LogP contribution in [0.2, 0.25) is 0 Å². The standard InChI is InChI=1S/C19H15NO2/c1-21-17-5-3-4-14(10-17)6-7-15-12-20-13-16-11-18(22-2)8-9-19(15)16/h3-5,8-13H,1-2H3. The summed E-state index contributed by atoms with van der Waals surface area (Å²) in [7, 11) is 3.30. The molecule has 0 N–H and O–H groups in total. The fourth-order valence-electron chi connectivity index (χ4n) is 2.22. The second kappa shape index (κ2) is 6.19. The first-order valence-electron chi connectivity index (χ1n) is 6.88. The molecular formula is C19H15NO2.